The number of amides is 1. The first-order chi connectivity index (χ1) is 9.56. The van der Waals surface area contributed by atoms with Crippen LogP contribution in [-0.2, 0) is 9.59 Å². The number of nitrogens with zero attached hydrogens (tertiary/aromatic N) is 1. The summed E-state index contributed by atoms with van der Waals surface area (Å²) in [4.78, 5) is 26.0. The van der Waals surface area contributed by atoms with Crippen molar-refractivity contribution in [3.63, 3.8) is 0 Å². The average Bonchev–Trinajstić information content (AvgIpc) is 2.74. The van der Waals surface area contributed by atoms with Crippen molar-refractivity contribution in [3.8, 4) is 0 Å². The van der Waals surface area contributed by atoms with Crippen LogP contribution in [0.15, 0.2) is 12.8 Å². The van der Waals surface area contributed by atoms with Crippen LogP contribution in [0.5, 0.6) is 0 Å². The molecule has 0 aromatic heterocycles. The van der Waals surface area contributed by atoms with Gasteiger partial charge in [0.2, 0.25) is 5.91 Å². The minimum atomic E-state index is -0.795. The van der Waals surface area contributed by atoms with Gasteiger partial charge in [0.15, 0.2) is 0 Å². The number of ketones is 1. The molecule has 0 saturated carbocycles. The van der Waals surface area contributed by atoms with Crippen LogP contribution in [0.3, 0.4) is 0 Å². The lowest BCUT2D eigenvalue weighted by Crippen LogP contribution is -2.36. The van der Waals surface area contributed by atoms with Crippen molar-refractivity contribution < 1.29 is 9.59 Å². The van der Waals surface area contributed by atoms with Crippen molar-refractivity contribution in [2.24, 2.45) is 5.41 Å². The van der Waals surface area contributed by atoms with E-state index < -0.39 is 5.41 Å². The molecule has 1 rings (SSSR count). The Hall–Kier alpha value is -1.12. The zero-order valence-corrected chi connectivity index (χ0v) is 13.1. The van der Waals surface area contributed by atoms with Gasteiger partial charge >= 0.3 is 0 Å². The maximum Gasteiger partial charge on any atom is 0.239 e. The quantitative estimate of drug-likeness (QED) is 0.446. The lowest BCUT2D eigenvalue weighted by atomic mass is 9.82. The first-order valence-electron chi connectivity index (χ1n) is 8.03. The maximum absolute atomic E-state index is 12.3. The van der Waals surface area contributed by atoms with Crippen LogP contribution < -0.4 is 0 Å². The topological polar surface area (TPSA) is 37.4 Å². The molecule has 0 spiro atoms. The molecule has 1 saturated heterocycles. The summed E-state index contributed by atoms with van der Waals surface area (Å²) in [7, 11) is 0. The van der Waals surface area contributed by atoms with Crippen LogP contribution in [0, 0.1) is 5.41 Å². The summed E-state index contributed by atoms with van der Waals surface area (Å²) in [6, 6.07) is 0. The molecule has 3 heteroatoms. The number of likely N-dealkylation sites (tertiary alicyclic amines) is 1. The molecular formula is C17H29NO2. The van der Waals surface area contributed by atoms with Crippen molar-refractivity contribution in [2.45, 2.75) is 71.6 Å². The number of carbonyl (C=O) groups is 2. The molecule has 1 unspecified atom stereocenters. The number of hydrogen-bond acceptors (Lipinski definition) is 2. The fourth-order valence-electron chi connectivity index (χ4n) is 2.82. The third kappa shape index (κ3) is 4.19. The van der Waals surface area contributed by atoms with Gasteiger partial charge in [-0.15, -0.1) is 0 Å². The number of unbranched alkanes of at least 4 members (excludes halogenated alkanes) is 6. The third-order valence-corrected chi connectivity index (χ3v) is 4.43. The molecule has 0 aromatic rings. The first kappa shape index (κ1) is 16.9. The van der Waals surface area contributed by atoms with Gasteiger partial charge in [0, 0.05) is 13.0 Å². The fourth-order valence-corrected chi connectivity index (χ4v) is 2.82. The smallest absolute Gasteiger partial charge is 0.239 e. The van der Waals surface area contributed by atoms with E-state index in [0.717, 1.165) is 12.8 Å². The summed E-state index contributed by atoms with van der Waals surface area (Å²) >= 11 is 0. The van der Waals surface area contributed by atoms with E-state index >= 15 is 0 Å². The van der Waals surface area contributed by atoms with E-state index in [9.17, 15) is 9.59 Å². The molecule has 1 aliphatic rings. The van der Waals surface area contributed by atoms with E-state index in [0.29, 0.717) is 19.4 Å². The van der Waals surface area contributed by atoms with Crippen LogP contribution in [0.25, 0.3) is 0 Å². The van der Waals surface area contributed by atoms with Gasteiger partial charge in [-0.25, -0.2) is 0 Å². The SMILES string of the molecule is C=CN1CCC(C)(C(=O)CCCCCCCCC)C1=O. The Morgan fingerprint density at radius 1 is 1.25 bits per heavy atom. The second-order valence-corrected chi connectivity index (χ2v) is 6.06. The minimum absolute atomic E-state index is 0.0690. The van der Waals surface area contributed by atoms with Gasteiger partial charge in [-0.1, -0.05) is 52.0 Å². The van der Waals surface area contributed by atoms with Gasteiger partial charge in [-0.3, -0.25) is 9.59 Å². The molecule has 1 amide bonds. The molecule has 1 fully saturated rings. The molecule has 0 radical (unpaired) electrons. The Kier molecular flexibility index (Phi) is 6.97. The maximum atomic E-state index is 12.3. The molecule has 3 nitrogen and oxygen atoms in total. The van der Waals surface area contributed by atoms with Gasteiger partial charge in [0.25, 0.3) is 0 Å². The molecule has 0 aliphatic carbocycles. The number of carbonyl (C=O) groups excluding carboxylic acids is 2. The van der Waals surface area contributed by atoms with E-state index in [1.807, 2.05) is 0 Å². The van der Waals surface area contributed by atoms with Crippen molar-refractivity contribution in [3.05, 3.63) is 12.8 Å². The summed E-state index contributed by atoms with van der Waals surface area (Å²) < 4.78 is 0. The summed E-state index contributed by atoms with van der Waals surface area (Å²) in [5.41, 5.74) is -0.795. The number of rotatable bonds is 10. The predicted molar refractivity (Wildman–Crippen MR) is 82.3 cm³/mol. The normalized spacial score (nSPS) is 22.3. The van der Waals surface area contributed by atoms with Crippen LogP contribution in [0.4, 0.5) is 0 Å². The Labute approximate surface area is 123 Å². The molecule has 0 N–H and O–H groups in total. The second kappa shape index (κ2) is 8.23. The predicted octanol–water partition coefficient (Wildman–Crippen LogP) is 4.08. The molecule has 0 bridgehead atoms. The van der Waals surface area contributed by atoms with Crippen LogP contribution in [0.2, 0.25) is 0 Å². The summed E-state index contributed by atoms with van der Waals surface area (Å²) in [6.07, 6.45) is 11.1. The highest BCUT2D eigenvalue weighted by Crippen LogP contribution is 2.34. The van der Waals surface area contributed by atoms with Gasteiger partial charge in [0.1, 0.15) is 11.2 Å². The zero-order chi connectivity index (χ0) is 15.0. The average molecular weight is 279 g/mol. The standard InChI is InChI=1S/C17H29NO2/c1-4-6-7-8-9-10-11-12-15(19)17(3)13-14-18(5-2)16(17)20/h5H,2,4,6-14H2,1,3H3. The molecule has 1 heterocycles. The molecule has 0 aromatic carbocycles. The monoisotopic (exact) mass is 279 g/mol. The number of hydrogen-bond donors (Lipinski definition) is 0. The molecular weight excluding hydrogens is 250 g/mol. The van der Waals surface area contributed by atoms with Gasteiger partial charge in [0.05, 0.1) is 0 Å². The van der Waals surface area contributed by atoms with Crippen molar-refractivity contribution >= 4 is 11.7 Å². The highest BCUT2D eigenvalue weighted by Gasteiger charge is 2.46. The zero-order valence-electron chi connectivity index (χ0n) is 13.1. The molecule has 20 heavy (non-hydrogen) atoms. The van der Waals surface area contributed by atoms with Crippen molar-refractivity contribution in [1.29, 1.82) is 0 Å². The van der Waals surface area contributed by atoms with E-state index in [2.05, 4.69) is 13.5 Å². The van der Waals surface area contributed by atoms with E-state index in [1.165, 1.54) is 38.3 Å². The largest absolute Gasteiger partial charge is 0.319 e. The lowest BCUT2D eigenvalue weighted by Gasteiger charge is -2.20. The number of Topliss-reactive ketones (excluding diaryl/α,β-unsaturated/α-hetero) is 1. The summed E-state index contributed by atoms with van der Waals surface area (Å²) in [6.45, 7) is 8.26. The van der Waals surface area contributed by atoms with E-state index in [1.54, 1.807) is 11.8 Å². The minimum Gasteiger partial charge on any atom is -0.319 e. The highest BCUT2D eigenvalue weighted by atomic mass is 16.2. The molecule has 1 aliphatic heterocycles. The first-order valence-corrected chi connectivity index (χ1v) is 8.03. The fraction of sp³-hybridized carbons (Fsp3) is 0.765. The van der Waals surface area contributed by atoms with Crippen molar-refractivity contribution in [1.82, 2.24) is 4.90 Å². The Morgan fingerprint density at radius 3 is 2.40 bits per heavy atom. The van der Waals surface area contributed by atoms with Crippen molar-refractivity contribution in [2.75, 3.05) is 6.54 Å². The third-order valence-electron chi connectivity index (χ3n) is 4.43. The van der Waals surface area contributed by atoms with Gasteiger partial charge in [-0.2, -0.15) is 0 Å². The Balaban J connectivity index is 2.26. The Morgan fingerprint density at radius 2 is 1.85 bits per heavy atom. The molecule has 114 valence electrons. The van der Waals surface area contributed by atoms with Crippen LogP contribution in [0.1, 0.15) is 71.6 Å². The van der Waals surface area contributed by atoms with Gasteiger partial charge in [-0.05, 0) is 26.0 Å². The van der Waals surface area contributed by atoms with E-state index in [4.69, 9.17) is 0 Å². The van der Waals surface area contributed by atoms with Crippen LogP contribution in [-0.4, -0.2) is 23.1 Å². The second-order valence-electron chi connectivity index (χ2n) is 6.06. The van der Waals surface area contributed by atoms with Gasteiger partial charge < -0.3 is 4.90 Å². The summed E-state index contributed by atoms with van der Waals surface area (Å²) in [5, 5.41) is 0. The van der Waals surface area contributed by atoms with Crippen LogP contribution >= 0.6 is 0 Å². The molecule has 1 atom stereocenters. The Bertz CT molecular complexity index is 351. The summed E-state index contributed by atoms with van der Waals surface area (Å²) in [5.74, 6) is 0.0425. The highest BCUT2D eigenvalue weighted by molar-refractivity contribution is 6.07. The lowest BCUT2D eigenvalue weighted by molar-refractivity contribution is -0.141. The van der Waals surface area contributed by atoms with E-state index in [-0.39, 0.29) is 11.7 Å².